The van der Waals surface area contributed by atoms with Crippen molar-refractivity contribution in [3.05, 3.63) is 47.5 Å². The number of amides is 1. The Morgan fingerprint density at radius 3 is 2.52 bits per heavy atom. The largest absolute Gasteiger partial charge is 0.310 e. The minimum Gasteiger partial charge on any atom is -0.310 e. The van der Waals surface area contributed by atoms with Gasteiger partial charge in [-0.1, -0.05) is 18.2 Å². The molecule has 4 rings (SSSR count). The Hall–Kier alpha value is -1.99. The van der Waals surface area contributed by atoms with E-state index in [1.165, 1.54) is 0 Å². The number of para-hydroxylation sites is 1. The van der Waals surface area contributed by atoms with Gasteiger partial charge in [-0.25, -0.2) is 8.42 Å². The van der Waals surface area contributed by atoms with E-state index >= 15 is 0 Å². The van der Waals surface area contributed by atoms with Gasteiger partial charge in [0, 0.05) is 23.1 Å². The van der Waals surface area contributed by atoms with Crippen molar-refractivity contribution in [2.45, 2.75) is 36.5 Å². The lowest BCUT2D eigenvalue weighted by atomic mass is 10.1. The summed E-state index contributed by atoms with van der Waals surface area (Å²) < 4.78 is 28.7. The fraction of sp³-hybridized carbons (Fsp3) is 0.350. The lowest BCUT2D eigenvalue weighted by Gasteiger charge is -2.29. The van der Waals surface area contributed by atoms with Crippen LogP contribution in [-0.4, -0.2) is 26.6 Å². The highest BCUT2D eigenvalue weighted by Gasteiger charge is 2.36. The summed E-state index contributed by atoms with van der Waals surface area (Å²) >= 11 is 1.66. The van der Waals surface area contributed by atoms with Gasteiger partial charge >= 0.3 is 0 Å². The first-order chi connectivity index (χ1) is 12.9. The van der Waals surface area contributed by atoms with Crippen molar-refractivity contribution in [2.24, 2.45) is 5.92 Å². The van der Waals surface area contributed by atoms with E-state index in [9.17, 15) is 13.2 Å². The van der Waals surface area contributed by atoms with Crippen LogP contribution in [-0.2, 0) is 14.8 Å². The molecule has 2 aliphatic rings. The number of hydrogen-bond donors (Lipinski definition) is 1. The Balaban J connectivity index is 1.70. The minimum absolute atomic E-state index is 0.106. The maximum Gasteiger partial charge on any atom is 0.261 e. The zero-order valence-corrected chi connectivity index (χ0v) is 17.0. The van der Waals surface area contributed by atoms with Gasteiger partial charge in [-0.2, -0.15) is 0 Å². The summed E-state index contributed by atoms with van der Waals surface area (Å²) in [5.41, 5.74) is 3.07. The smallest absolute Gasteiger partial charge is 0.261 e. The van der Waals surface area contributed by atoms with Crippen LogP contribution in [0.2, 0.25) is 0 Å². The van der Waals surface area contributed by atoms with E-state index in [-0.39, 0.29) is 16.7 Å². The molecule has 7 heteroatoms. The molecule has 142 valence electrons. The molecule has 1 saturated carbocycles. The van der Waals surface area contributed by atoms with E-state index in [1.807, 2.05) is 38.1 Å². The highest BCUT2D eigenvalue weighted by Crippen LogP contribution is 2.40. The summed E-state index contributed by atoms with van der Waals surface area (Å²) in [6.07, 6.45) is 1.87. The predicted molar refractivity (Wildman–Crippen MR) is 109 cm³/mol. The van der Waals surface area contributed by atoms with E-state index in [0.29, 0.717) is 17.9 Å². The van der Waals surface area contributed by atoms with Crippen LogP contribution in [0.15, 0.2) is 46.2 Å². The lowest BCUT2D eigenvalue weighted by molar-refractivity contribution is -0.119. The van der Waals surface area contributed by atoms with E-state index in [0.717, 1.165) is 34.6 Å². The number of carbonyl (C=O) groups is 1. The third-order valence-corrected chi connectivity index (χ3v) is 7.40. The highest BCUT2D eigenvalue weighted by atomic mass is 32.2. The Bertz CT molecular complexity index is 994. The second-order valence-corrected chi connectivity index (χ2v) is 9.93. The number of nitrogens with zero attached hydrogens (tertiary/aromatic N) is 1. The number of carbonyl (C=O) groups excluding carboxylic acids is 1. The average molecular weight is 403 g/mol. The average Bonchev–Trinajstić information content (AvgIpc) is 3.48. The van der Waals surface area contributed by atoms with Crippen molar-refractivity contribution >= 4 is 39.1 Å². The van der Waals surface area contributed by atoms with Gasteiger partial charge in [0.15, 0.2) is 0 Å². The molecule has 0 radical (unpaired) electrons. The number of nitrogens with one attached hydrogen (secondary N) is 1. The number of aryl methyl sites for hydroxylation is 2. The molecule has 27 heavy (non-hydrogen) atoms. The number of hydrogen-bond acceptors (Lipinski definition) is 4. The van der Waals surface area contributed by atoms with Crippen molar-refractivity contribution in [3.8, 4) is 0 Å². The third-order valence-electron chi connectivity index (χ3n) is 5.01. The Kier molecular flexibility index (Phi) is 4.68. The normalized spacial score (nSPS) is 16.7. The van der Waals surface area contributed by atoms with Crippen LogP contribution in [0.25, 0.3) is 0 Å². The monoisotopic (exact) mass is 402 g/mol. The van der Waals surface area contributed by atoms with E-state index in [2.05, 4.69) is 4.72 Å². The molecule has 2 aromatic carbocycles. The maximum absolute atomic E-state index is 13.0. The molecule has 0 unspecified atom stereocenters. The number of rotatable bonds is 4. The molecule has 0 aromatic heterocycles. The van der Waals surface area contributed by atoms with Crippen LogP contribution < -0.4 is 9.62 Å². The third kappa shape index (κ3) is 3.58. The van der Waals surface area contributed by atoms with Crippen molar-refractivity contribution in [3.63, 3.8) is 0 Å². The molecule has 1 amide bonds. The van der Waals surface area contributed by atoms with Gasteiger partial charge in [0.1, 0.15) is 0 Å². The molecule has 2 aromatic rings. The van der Waals surface area contributed by atoms with Crippen LogP contribution in [0, 0.1) is 19.8 Å². The van der Waals surface area contributed by atoms with Crippen molar-refractivity contribution in [2.75, 3.05) is 21.9 Å². The van der Waals surface area contributed by atoms with E-state index in [1.54, 1.807) is 28.8 Å². The van der Waals surface area contributed by atoms with E-state index in [4.69, 9.17) is 0 Å². The molecule has 0 bridgehead atoms. The Labute approximate surface area is 164 Å². The number of thioether (sulfide) groups is 1. The lowest BCUT2D eigenvalue weighted by Crippen LogP contribution is -2.36. The molecule has 0 atom stereocenters. The SMILES string of the molecule is Cc1cccc(C)c1NS(=O)(=O)c1ccc2c(c1)N(C(=O)C1CC1)CCS2. The number of anilines is 2. The first-order valence-corrected chi connectivity index (χ1v) is 11.5. The van der Waals surface area contributed by atoms with Gasteiger partial charge in [-0.3, -0.25) is 9.52 Å². The summed E-state index contributed by atoms with van der Waals surface area (Å²) in [7, 11) is -3.74. The van der Waals surface area contributed by atoms with Gasteiger partial charge in [0.25, 0.3) is 10.0 Å². The van der Waals surface area contributed by atoms with Gasteiger partial charge in [0.2, 0.25) is 5.91 Å². The van der Waals surface area contributed by atoms with Gasteiger partial charge in [0.05, 0.1) is 16.3 Å². The first-order valence-electron chi connectivity index (χ1n) is 9.04. The second kappa shape index (κ2) is 6.87. The van der Waals surface area contributed by atoms with Gasteiger partial charge in [-0.15, -0.1) is 11.8 Å². The van der Waals surface area contributed by atoms with Gasteiger partial charge in [-0.05, 0) is 56.0 Å². The fourth-order valence-corrected chi connectivity index (χ4v) is 5.51. The summed E-state index contributed by atoms with van der Waals surface area (Å²) in [5, 5.41) is 0. The molecular formula is C20H22N2O3S2. The van der Waals surface area contributed by atoms with Crippen molar-refractivity contribution < 1.29 is 13.2 Å². The van der Waals surface area contributed by atoms with Crippen molar-refractivity contribution in [1.29, 1.82) is 0 Å². The molecule has 1 fully saturated rings. The quantitative estimate of drug-likeness (QED) is 0.841. The summed E-state index contributed by atoms with van der Waals surface area (Å²) in [4.78, 5) is 15.5. The zero-order chi connectivity index (χ0) is 19.2. The van der Waals surface area contributed by atoms with E-state index < -0.39 is 10.0 Å². The molecule has 1 N–H and O–H groups in total. The zero-order valence-electron chi connectivity index (χ0n) is 15.4. The van der Waals surface area contributed by atoms with Crippen LogP contribution >= 0.6 is 11.8 Å². The van der Waals surface area contributed by atoms with Crippen LogP contribution in [0.3, 0.4) is 0 Å². The topological polar surface area (TPSA) is 66.5 Å². The fourth-order valence-electron chi connectivity index (χ4n) is 3.31. The molecule has 0 spiro atoms. The number of sulfonamides is 1. The molecule has 0 saturated heterocycles. The molecule has 1 aliphatic carbocycles. The number of benzene rings is 2. The Morgan fingerprint density at radius 2 is 1.85 bits per heavy atom. The highest BCUT2D eigenvalue weighted by molar-refractivity contribution is 7.99. The predicted octanol–water partition coefficient (Wildman–Crippen LogP) is 3.95. The van der Waals surface area contributed by atoms with Crippen LogP contribution in [0.5, 0.6) is 0 Å². The summed E-state index contributed by atoms with van der Waals surface area (Å²) in [6, 6.07) is 10.7. The summed E-state index contributed by atoms with van der Waals surface area (Å²) in [5.74, 6) is 1.06. The molecular weight excluding hydrogens is 380 g/mol. The molecule has 1 aliphatic heterocycles. The Morgan fingerprint density at radius 1 is 1.15 bits per heavy atom. The van der Waals surface area contributed by atoms with Crippen LogP contribution in [0.1, 0.15) is 24.0 Å². The molecule has 5 nitrogen and oxygen atoms in total. The molecule has 1 heterocycles. The summed E-state index contributed by atoms with van der Waals surface area (Å²) in [6.45, 7) is 4.38. The minimum atomic E-state index is -3.74. The maximum atomic E-state index is 13.0. The first kappa shape index (κ1) is 18.4. The van der Waals surface area contributed by atoms with Gasteiger partial charge < -0.3 is 4.90 Å². The standard InChI is InChI=1S/C20H22N2O3S2/c1-13-4-3-5-14(2)19(13)21-27(24,25)16-8-9-18-17(12-16)22(10-11-26-18)20(23)15-6-7-15/h3-5,8-9,12,15,21H,6-7,10-11H2,1-2H3. The van der Waals surface area contributed by atoms with Crippen LogP contribution in [0.4, 0.5) is 11.4 Å². The number of fused-ring (bicyclic) bond motifs is 1. The second-order valence-electron chi connectivity index (χ2n) is 7.11. The van der Waals surface area contributed by atoms with Crippen molar-refractivity contribution in [1.82, 2.24) is 0 Å².